The molecule has 4 heteroatoms. The van der Waals surface area contributed by atoms with Crippen LogP contribution in [0.1, 0.15) is 54.8 Å². The number of imidazole rings is 1. The summed E-state index contributed by atoms with van der Waals surface area (Å²) in [6, 6.07) is 24.1. The lowest BCUT2D eigenvalue weighted by atomic mass is 10.0. The summed E-state index contributed by atoms with van der Waals surface area (Å²) in [5, 5.41) is 11.0. The lowest BCUT2D eigenvalue weighted by molar-refractivity contribution is 0.203. The van der Waals surface area contributed by atoms with Gasteiger partial charge in [-0.1, -0.05) is 68.4 Å². The molecule has 1 heterocycles. The second-order valence-corrected chi connectivity index (χ2v) is 8.32. The van der Waals surface area contributed by atoms with Crippen LogP contribution in [-0.4, -0.2) is 21.3 Å². The molecule has 31 heavy (non-hydrogen) atoms. The smallest absolute Gasteiger partial charge is 0.143 e. The van der Waals surface area contributed by atoms with Gasteiger partial charge in [-0.2, -0.15) is 0 Å². The summed E-state index contributed by atoms with van der Waals surface area (Å²) < 4.78 is 8.30. The summed E-state index contributed by atoms with van der Waals surface area (Å²) in [7, 11) is 0. The Hall–Kier alpha value is -3.11. The quantitative estimate of drug-likeness (QED) is 0.359. The number of nitrogens with zero attached hydrogens (tertiary/aromatic N) is 2. The summed E-state index contributed by atoms with van der Waals surface area (Å²) in [4.78, 5) is 4.75. The van der Waals surface area contributed by atoms with E-state index in [1.807, 2.05) is 48.5 Å². The standard InChI is InChI=1S/C27H30N2O2/c1-19(2)22-15-14-20(3)18-25(22)31-17-9-16-29-24-13-8-7-12-23(24)28-27(29)26(30)21-10-5-4-6-11-21/h4-8,10-15,18-19,26,30H,9,16-17H2,1-3H3. The van der Waals surface area contributed by atoms with Gasteiger partial charge in [0.1, 0.15) is 17.7 Å². The molecule has 1 atom stereocenters. The molecule has 0 saturated carbocycles. The van der Waals surface area contributed by atoms with Crippen molar-refractivity contribution < 1.29 is 9.84 Å². The topological polar surface area (TPSA) is 47.3 Å². The number of aliphatic hydroxyl groups is 1. The Kier molecular flexibility index (Phi) is 6.38. The van der Waals surface area contributed by atoms with Crippen LogP contribution in [0.3, 0.4) is 0 Å². The van der Waals surface area contributed by atoms with Gasteiger partial charge in [-0.3, -0.25) is 0 Å². The van der Waals surface area contributed by atoms with E-state index in [0.29, 0.717) is 18.3 Å². The molecule has 4 nitrogen and oxygen atoms in total. The average Bonchev–Trinajstić information content (AvgIpc) is 3.15. The van der Waals surface area contributed by atoms with Crippen LogP contribution in [0.2, 0.25) is 0 Å². The molecular weight excluding hydrogens is 384 g/mol. The second kappa shape index (κ2) is 9.36. The molecule has 3 aromatic carbocycles. The molecule has 0 amide bonds. The van der Waals surface area contributed by atoms with Crippen molar-refractivity contribution in [3.8, 4) is 5.75 Å². The van der Waals surface area contributed by atoms with Crippen molar-refractivity contribution in [3.63, 3.8) is 0 Å². The van der Waals surface area contributed by atoms with E-state index in [1.165, 1.54) is 11.1 Å². The first-order chi connectivity index (χ1) is 15.0. The van der Waals surface area contributed by atoms with Crippen LogP contribution >= 0.6 is 0 Å². The van der Waals surface area contributed by atoms with E-state index in [2.05, 4.69) is 49.6 Å². The zero-order chi connectivity index (χ0) is 21.8. The van der Waals surface area contributed by atoms with Gasteiger partial charge in [0.05, 0.1) is 17.6 Å². The lowest BCUT2D eigenvalue weighted by Gasteiger charge is -2.17. The number of para-hydroxylation sites is 2. The van der Waals surface area contributed by atoms with Crippen molar-refractivity contribution in [2.24, 2.45) is 0 Å². The molecule has 0 aliphatic rings. The van der Waals surface area contributed by atoms with Crippen molar-refractivity contribution in [2.75, 3.05) is 6.61 Å². The molecule has 160 valence electrons. The molecule has 1 unspecified atom stereocenters. The second-order valence-electron chi connectivity index (χ2n) is 8.32. The number of fused-ring (bicyclic) bond motifs is 1. The largest absolute Gasteiger partial charge is 0.493 e. The third-order valence-corrected chi connectivity index (χ3v) is 5.62. The van der Waals surface area contributed by atoms with Crippen molar-refractivity contribution in [2.45, 2.75) is 45.8 Å². The van der Waals surface area contributed by atoms with E-state index in [-0.39, 0.29) is 0 Å². The van der Waals surface area contributed by atoms with Crippen LogP contribution in [0.5, 0.6) is 5.75 Å². The van der Waals surface area contributed by atoms with Crippen molar-refractivity contribution in [3.05, 3.63) is 95.3 Å². The van der Waals surface area contributed by atoms with Gasteiger partial charge < -0.3 is 14.4 Å². The molecule has 4 aromatic rings. The highest BCUT2D eigenvalue weighted by Gasteiger charge is 2.19. The van der Waals surface area contributed by atoms with Gasteiger partial charge in [-0.05, 0) is 54.2 Å². The molecule has 0 radical (unpaired) electrons. The van der Waals surface area contributed by atoms with Crippen LogP contribution < -0.4 is 4.74 Å². The Morgan fingerprint density at radius 3 is 2.48 bits per heavy atom. The van der Waals surface area contributed by atoms with E-state index < -0.39 is 6.10 Å². The number of benzene rings is 3. The van der Waals surface area contributed by atoms with Crippen LogP contribution in [-0.2, 0) is 6.54 Å². The van der Waals surface area contributed by atoms with Crippen LogP contribution in [0.25, 0.3) is 11.0 Å². The van der Waals surface area contributed by atoms with Gasteiger partial charge in [0.15, 0.2) is 0 Å². The Bertz CT molecular complexity index is 1150. The first-order valence-corrected chi connectivity index (χ1v) is 11.0. The first-order valence-electron chi connectivity index (χ1n) is 11.0. The Labute approximate surface area is 184 Å². The normalized spacial score (nSPS) is 12.4. The van der Waals surface area contributed by atoms with E-state index in [4.69, 9.17) is 9.72 Å². The fourth-order valence-corrected chi connectivity index (χ4v) is 3.97. The molecule has 0 spiro atoms. The fourth-order valence-electron chi connectivity index (χ4n) is 3.97. The maximum Gasteiger partial charge on any atom is 0.143 e. The molecule has 1 aromatic heterocycles. The van der Waals surface area contributed by atoms with Crippen LogP contribution in [0, 0.1) is 6.92 Å². The van der Waals surface area contributed by atoms with E-state index in [9.17, 15) is 5.11 Å². The summed E-state index contributed by atoms with van der Waals surface area (Å²) in [6.07, 6.45) is 0.0548. The Balaban J connectivity index is 1.53. The van der Waals surface area contributed by atoms with Crippen LogP contribution in [0.4, 0.5) is 0 Å². The highest BCUT2D eigenvalue weighted by molar-refractivity contribution is 5.76. The van der Waals surface area contributed by atoms with Gasteiger partial charge in [0, 0.05) is 6.54 Å². The van der Waals surface area contributed by atoms with Gasteiger partial charge in [0.25, 0.3) is 0 Å². The highest BCUT2D eigenvalue weighted by Crippen LogP contribution is 2.28. The molecular formula is C27H30N2O2. The van der Waals surface area contributed by atoms with Gasteiger partial charge in [-0.25, -0.2) is 4.98 Å². The van der Waals surface area contributed by atoms with Gasteiger partial charge in [-0.15, -0.1) is 0 Å². The predicted octanol–water partition coefficient (Wildman–Crippen LogP) is 6.02. The van der Waals surface area contributed by atoms with Crippen molar-refractivity contribution in [1.82, 2.24) is 9.55 Å². The summed E-state index contributed by atoms with van der Waals surface area (Å²) in [5.74, 6) is 2.06. The minimum Gasteiger partial charge on any atom is -0.493 e. The molecule has 0 saturated heterocycles. The Morgan fingerprint density at radius 1 is 0.968 bits per heavy atom. The fraction of sp³-hybridized carbons (Fsp3) is 0.296. The predicted molar refractivity (Wildman–Crippen MR) is 126 cm³/mol. The number of aryl methyl sites for hydroxylation is 2. The van der Waals surface area contributed by atoms with E-state index in [1.54, 1.807) is 0 Å². The average molecular weight is 415 g/mol. The highest BCUT2D eigenvalue weighted by atomic mass is 16.5. The lowest BCUT2D eigenvalue weighted by Crippen LogP contribution is -2.12. The summed E-state index contributed by atoms with van der Waals surface area (Å²) in [6.45, 7) is 7.80. The number of ether oxygens (including phenoxy) is 1. The van der Waals surface area contributed by atoms with E-state index in [0.717, 1.165) is 35.3 Å². The molecule has 0 aliphatic heterocycles. The maximum atomic E-state index is 11.0. The van der Waals surface area contributed by atoms with Crippen LogP contribution in [0.15, 0.2) is 72.8 Å². The third-order valence-electron chi connectivity index (χ3n) is 5.62. The van der Waals surface area contributed by atoms with Crippen molar-refractivity contribution >= 4 is 11.0 Å². The SMILES string of the molecule is Cc1ccc(C(C)C)c(OCCCn2c(C(O)c3ccccc3)nc3ccccc32)c1. The van der Waals surface area contributed by atoms with Gasteiger partial charge in [0.2, 0.25) is 0 Å². The third kappa shape index (κ3) is 4.64. The first kappa shape index (κ1) is 21.1. The zero-order valence-electron chi connectivity index (χ0n) is 18.5. The van der Waals surface area contributed by atoms with Gasteiger partial charge >= 0.3 is 0 Å². The molecule has 0 bridgehead atoms. The number of hydrogen-bond donors (Lipinski definition) is 1. The number of hydrogen-bond acceptors (Lipinski definition) is 3. The molecule has 0 fully saturated rings. The minimum atomic E-state index is -0.765. The number of aliphatic hydroxyl groups excluding tert-OH is 1. The number of rotatable bonds is 8. The molecule has 0 aliphatic carbocycles. The zero-order valence-corrected chi connectivity index (χ0v) is 18.5. The minimum absolute atomic E-state index is 0.417. The van der Waals surface area contributed by atoms with E-state index >= 15 is 0 Å². The Morgan fingerprint density at radius 2 is 1.71 bits per heavy atom. The number of aromatic nitrogens is 2. The summed E-state index contributed by atoms with van der Waals surface area (Å²) in [5.41, 5.74) is 5.21. The maximum absolute atomic E-state index is 11.0. The molecule has 4 rings (SSSR count). The van der Waals surface area contributed by atoms with Crippen molar-refractivity contribution in [1.29, 1.82) is 0 Å². The summed E-state index contributed by atoms with van der Waals surface area (Å²) >= 11 is 0. The molecule has 1 N–H and O–H groups in total. The monoisotopic (exact) mass is 414 g/mol.